The van der Waals surface area contributed by atoms with Crippen LogP contribution in [0, 0.1) is 6.92 Å². The predicted molar refractivity (Wildman–Crippen MR) is 116 cm³/mol. The van der Waals surface area contributed by atoms with Gasteiger partial charge in [-0.3, -0.25) is 4.79 Å². The van der Waals surface area contributed by atoms with Crippen LogP contribution in [-0.4, -0.2) is 28.9 Å². The molecule has 0 saturated heterocycles. The van der Waals surface area contributed by atoms with Gasteiger partial charge in [-0.05, 0) is 42.8 Å². The Morgan fingerprint density at radius 2 is 1.97 bits per heavy atom. The molecule has 1 N–H and O–H groups in total. The largest absolute Gasteiger partial charge is 0.497 e. The van der Waals surface area contributed by atoms with Crippen molar-refractivity contribution in [3.8, 4) is 17.2 Å². The molecule has 29 heavy (non-hydrogen) atoms. The fourth-order valence-electron chi connectivity index (χ4n) is 2.73. The van der Waals surface area contributed by atoms with Crippen molar-refractivity contribution >= 4 is 23.4 Å². The molecule has 2 aromatic carbocycles. The first kappa shape index (κ1) is 20.9. The molecule has 0 aliphatic heterocycles. The van der Waals surface area contributed by atoms with Gasteiger partial charge in [0.2, 0.25) is 5.91 Å². The summed E-state index contributed by atoms with van der Waals surface area (Å²) < 4.78 is 10.6. The van der Waals surface area contributed by atoms with Crippen LogP contribution in [0.4, 0.5) is 5.69 Å². The first-order valence-electron chi connectivity index (χ1n) is 9.48. The lowest BCUT2D eigenvalue weighted by atomic mass is 10.1. The Labute approximate surface area is 175 Å². The number of anilines is 1. The third kappa shape index (κ3) is 5.38. The van der Waals surface area contributed by atoms with Crippen LogP contribution in [0.2, 0.25) is 0 Å². The van der Waals surface area contributed by atoms with Gasteiger partial charge in [-0.25, -0.2) is 0 Å². The summed E-state index contributed by atoms with van der Waals surface area (Å²) in [6.07, 6.45) is 0.394. The van der Waals surface area contributed by atoms with Crippen LogP contribution < -0.4 is 10.1 Å². The first-order chi connectivity index (χ1) is 14.0. The van der Waals surface area contributed by atoms with E-state index in [0.717, 1.165) is 21.8 Å². The molecule has 0 fully saturated rings. The average Bonchev–Trinajstić information content (AvgIpc) is 3.20. The number of nitrogens with zero attached hydrogens (tertiary/aromatic N) is 2. The van der Waals surface area contributed by atoms with E-state index in [1.165, 1.54) is 0 Å². The van der Waals surface area contributed by atoms with Gasteiger partial charge in [0, 0.05) is 23.0 Å². The van der Waals surface area contributed by atoms with Gasteiger partial charge >= 0.3 is 0 Å². The van der Waals surface area contributed by atoms with Gasteiger partial charge in [-0.1, -0.05) is 31.1 Å². The highest BCUT2D eigenvalue weighted by molar-refractivity contribution is 7.99. The fourth-order valence-corrected chi connectivity index (χ4v) is 3.58. The lowest BCUT2D eigenvalue weighted by Gasteiger charge is -2.12. The zero-order valence-electron chi connectivity index (χ0n) is 17.1. The van der Waals surface area contributed by atoms with Gasteiger partial charge in [0.1, 0.15) is 5.75 Å². The normalized spacial score (nSPS) is 10.9. The maximum Gasteiger partial charge on any atom is 0.260 e. The molecule has 0 atom stereocenters. The van der Waals surface area contributed by atoms with Crippen LogP contribution >= 0.6 is 11.8 Å². The van der Waals surface area contributed by atoms with Crippen LogP contribution in [0.25, 0.3) is 11.5 Å². The standard InChI is InChI=1S/C22H25N3O3S/c1-14(2)21-24-22(28-25-21)18-7-5-6-15(3)20(18)23-19(26)12-13-29-17-10-8-16(27-4)9-11-17/h5-11,14H,12-13H2,1-4H3,(H,23,26). The number of hydrogen-bond acceptors (Lipinski definition) is 6. The third-order valence-electron chi connectivity index (χ3n) is 4.38. The number of ether oxygens (including phenoxy) is 1. The van der Waals surface area contributed by atoms with E-state index < -0.39 is 0 Å². The second-order valence-corrected chi connectivity index (χ2v) is 8.10. The van der Waals surface area contributed by atoms with Crippen molar-refractivity contribution in [3.05, 3.63) is 53.9 Å². The van der Waals surface area contributed by atoms with E-state index in [2.05, 4.69) is 15.5 Å². The number of carbonyl (C=O) groups excluding carboxylic acids is 1. The Morgan fingerprint density at radius 1 is 1.21 bits per heavy atom. The van der Waals surface area contributed by atoms with Crippen LogP contribution in [0.3, 0.4) is 0 Å². The number of rotatable bonds is 8. The summed E-state index contributed by atoms with van der Waals surface area (Å²) in [5.41, 5.74) is 2.40. The molecule has 0 unspecified atom stereocenters. The molecule has 7 heteroatoms. The molecule has 0 radical (unpaired) electrons. The summed E-state index contributed by atoms with van der Waals surface area (Å²) in [6.45, 7) is 5.97. The SMILES string of the molecule is COc1ccc(SCCC(=O)Nc2c(C)cccc2-c2nc(C(C)C)no2)cc1. The molecule has 152 valence electrons. The molecule has 1 amide bonds. The number of thioether (sulfide) groups is 1. The van der Waals surface area contributed by atoms with E-state index >= 15 is 0 Å². The van der Waals surface area contributed by atoms with Crippen molar-refractivity contribution in [2.45, 2.75) is 38.0 Å². The van der Waals surface area contributed by atoms with E-state index in [1.54, 1.807) is 18.9 Å². The number of hydrogen-bond donors (Lipinski definition) is 1. The summed E-state index contributed by atoms with van der Waals surface area (Å²) in [6, 6.07) is 13.6. The van der Waals surface area contributed by atoms with Crippen LogP contribution in [0.5, 0.6) is 5.75 Å². The van der Waals surface area contributed by atoms with Gasteiger partial charge in [-0.2, -0.15) is 4.98 Å². The van der Waals surface area contributed by atoms with Crippen LogP contribution in [-0.2, 0) is 4.79 Å². The van der Waals surface area contributed by atoms with Gasteiger partial charge in [-0.15, -0.1) is 11.8 Å². The highest BCUT2D eigenvalue weighted by atomic mass is 32.2. The van der Waals surface area contributed by atoms with E-state index in [1.807, 2.05) is 63.2 Å². The van der Waals surface area contributed by atoms with Gasteiger partial charge in [0.15, 0.2) is 5.82 Å². The predicted octanol–water partition coefficient (Wildman–Crippen LogP) is 5.30. The monoisotopic (exact) mass is 411 g/mol. The minimum Gasteiger partial charge on any atom is -0.497 e. The number of nitrogens with one attached hydrogen (secondary N) is 1. The highest BCUT2D eigenvalue weighted by Crippen LogP contribution is 2.31. The average molecular weight is 412 g/mol. The Hall–Kier alpha value is -2.80. The Balaban J connectivity index is 1.65. The summed E-state index contributed by atoms with van der Waals surface area (Å²) in [4.78, 5) is 18.1. The van der Waals surface area contributed by atoms with Crippen molar-refractivity contribution < 1.29 is 14.1 Å². The zero-order chi connectivity index (χ0) is 20.8. The molecule has 1 heterocycles. The molecule has 0 spiro atoms. The number of aromatic nitrogens is 2. The van der Waals surface area contributed by atoms with Crippen molar-refractivity contribution in [2.75, 3.05) is 18.2 Å². The van der Waals surface area contributed by atoms with Crippen molar-refractivity contribution in [1.82, 2.24) is 10.1 Å². The van der Waals surface area contributed by atoms with Gasteiger partial charge in [0.25, 0.3) is 5.89 Å². The second kappa shape index (κ2) is 9.60. The minimum absolute atomic E-state index is 0.0508. The number of benzene rings is 2. The van der Waals surface area contributed by atoms with Crippen molar-refractivity contribution in [3.63, 3.8) is 0 Å². The molecule has 3 rings (SSSR count). The van der Waals surface area contributed by atoms with Crippen LogP contribution in [0.1, 0.15) is 37.6 Å². The fraction of sp³-hybridized carbons (Fsp3) is 0.318. The van der Waals surface area contributed by atoms with E-state index in [4.69, 9.17) is 9.26 Å². The van der Waals surface area contributed by atoms with Crippen molar-refractivity contribution in [1.29, 1.82) is 0 Å². The van der Waals surface area contributed by atoms with Gasteiger partial charge < -0.3 is 14.6 Å². The quantitative estimate of drug-likeness (QED) is 0.507. The molecule has 0 aliphatic carbocycles. The summed E-state index contributed by atoms with van der Waals surface area (Å²) in [5, 5.41) is 7.05. The number of amides is 1. The number of carbonyl (C=O) groups is 1. The molecular weight excluding hydrogens is 386 g/mol. The highest BCUT2D eigenvalue weighted by Gasteiger charge is 2.17. The Kier molecular flexibility index (Phi) is 6.93. The summed E-state index contributed by atoms with van der Waals surface area (Å²) in [7, 11) is 1.64. The molecule has 6 nitrogen and oxygen atoms in total. The molecule has 1 aromatic heterocycles. The smallest absolute Gasteiger partial charge is 0.260 e. The Morgan fingerprint density at radius 3 is 2.62 bits per heavy atom. The maximum absolute atomic E-state index is 12.5. The zero-order valence-corrected chi connectivity index (χ0v) is 17.9. The summed E-state index contributed by atoms with van der Waals surface area (Å²) in [5.74, 6) is 2.68. The Bertz CT molecular complexity index is 968. The van der Waals surface area contributed by atoms with E-state index in [9.17, 15) is 4.79 Å². The molecular formula is C22H25N3O3S. The molecule has 0 bridgehead atoms. The third-order valence-corrected chi connectivity index (χ3v) is 5.40. The van der Waals surface area contributed by atoms with Crippen LogP contribution in [0.15, 0.2) is 51.9 Å². The lowest BCUT2D eigenvalue weighted by Crippen LogP contribution is -2.14. The number of para-hydroxylation sites is 1. The van der Waals surface area contributed by atoms with E-state index in [-0.39, 0.29) is 11.8 Å². The second-order valence-electron chi connectivity index (χ2n) is 6.93. The minimum atomic E-state index is -0.0508. The first-order valence-corrected chi connectivity index (χ1v) is 10.5. The number of methoxy groups -OCH3 is 1. The van der Waals surface area contributed by atoms with Gasteiger partial charge in [0.05, 0.1) is 18.4 Å². The van der Waals surface area contributed by atoms with Crippen molar-refractivity contribution in [2.24, 2.45) is 0 Å². The lowest BCUT2D eigenvalue weighted by molar-refractivity contribution is -0.115. The summed E-state index contributed by atoms with van der Waals surface area (Å²) >= 11 is 1.63. The number of aryl methyl sites for hydroxylation is 1. The molecule has 0 saturated carbocycles. The maximum atomic E-state index is 12.5. The molecule has 0 aliphatic rings. The van der Waals surface area contributed by atoms with E-state index in [0.29, 0.717) is 29.6 Å². The molecule has 3 aromatic rings. The topological polar surface area (TPSA) is 77.2 Å².